The van der Waals surface area contributed by atoms with Crippen LogP contribution in [0, 0.1) is 19.3 Å². The van der Waals surface area contributed by atoms with E-state index in [1.165, 1.54) is 29.5 Å². The van der Waals surface area contributed by atoms with E-state index in [0.717, 1.165) is 71.4 Å². The van der Waals surface area contributed by atoms with Crippen LogP contribution >= 0.6 is 11.6 Å². The fourth-order valence-corrected chi connectivity index (χ4v) is 6.17. The predicted molar refractivity (Wildman–Crippen MR) is 138 cm³/mol. The van der Waals surface area contributed by atoms with Crippen LogP contribution < -0.4 is 4.90 Å². The van der Waals surface area contributed by atoms with Crippen LogP contribution in [0.25, 0.3) is 22.3 Å². The standard InChI is InChI=1S/C28H28ClN5O/c1-17-8-11-34-22(17)16-30-27(31-34)33-12-9-28(10-13-33)14-20(15-28)24-25(32-35-26(24)19-6-7-19)23-18(2)4-3-5-21(23)29/h3-5,8,11,14,16,19H,6-7,9-10,12-13,15H2,1-2H3. The summed E-state index contributed by atoms with van der Waals surface area (Å²) in [6, 6.07) is 8.11. The van der Waals surface area contributed by atoms with Crippen molar-refractivity contribution in [3.63, 3.8) is 0 Å². The molecule has 0 atom stereocenters. The lowest BCUT2D eigenvalue weighted by atomic mass is 9.63. The second-order valence-corrected chi connectivity index (χ2v) is 11.0. The van der Waals surface area contributed by atoms with E-state index in [4.69, 9.17) is 21.2 Å². The van der Waals surface area contributed by atoms with Crippen molar-refractivity contribution in [2.24, 2.45) is 5.41 Å². The van der Waals surface area contributed by atoms with E-state index < -0.39 is 0 Å². The highest BCUT2D eigenvalue weighted by molar-refractivity contribution is 6.33. The van der Waals surface area contributed by atoms with Crippen LogP contribution in [0.1, 0.15) is 60.5 Å². The number of piperidine rings is 1. The molecule has 4 aromatic rings. The van der Waals surface area contributed by atoms with Crippen molar-refractivity contribution in [3.05, 3.63) is 70.2 Å². The van der Waals surface area contributed by atoms with Gasteiger partial charge in [-0.25, -0.2) is 9.50 Å². The molecule has 4 heterocycles. The summed E-state index contributed by atoms with van der Waals surface area (Å²) in [5, 5.41) is 10.0. The molecule has 1 saturated carbocycles. The number of benzene rings is 1. The third kappa shape index (κ3) is 3.41. The zero-order valence-electron chi connectivity index (χ0n) is 20.1. The molecule has 1 aromatic carbocycles. The van der Waals surface area contributed by atoms with E-state index in [1.54, 1.807) is 0 Å². The number of fused-ring (bicyclic) bond motifs is 1. The number of aryl methyl sites for hydroxylation is 2. The first-order chi connectivity index (χ1) is 17.0. The van der Waals surface area contributed by atoms with E-state index in [1.807, 2.05) is 29.0 Å². The van der Waals surface area contributed by atoms with Gasteiger partial charge in [0.2, 0.25) is 5.95 Å². The van der Waals surface area contributed by atoms with E-state index in [9.17, 15) is 0 Å². The molecule has 6 nitrogen and oxygen atoms in total. The third-order valence-corrected chi connectivity index (χ3v) is 8.44. The van der Waals surface area contributed by atoms with Crippen LogP contribution in [0.15, 0.2) is 47.3 Å². The van der Waals surface area contributed by atoms with Crippen molar-refractivity contribution in [2.45, 2.75) is 51.9 Å². The van der Waals surface area contributed by atoms with Crippen molar-refractivity contribution in [3.8, 4) is 11.3 Å². The molecule has 2 aliphatic carbocycles. The summed E-state index contributed by atoms with van der Waals surface area (Å²) < 4.78 is 7.89. The minimum Gasteiger partial charge on any atom is -0.360 e. The molecular formula is C28H28ClN5O. The SMILES string of the molecule is Cc1cccc(Cl)c1-c1noc(C2CC2)c1C1=CC2(CCN(c3ncc4c(C)ccn4n3)CC2)C1. The van der Waals surface area contributed by atoms with Crippen LogP contribution in [-0.4, -0.2) is 32.8 Å². The highest BCUT2D eigenvalue weighted by Gasteiger charge is 2.44. The highest BCUT2D eigenvalue weighted by Crippen LogP contribution is 2.56. The molecule has 0 bridgehead atoms. The van der Waals surface area contributed by atoms with Gasteiger partial charge in [0, 0.05) is 36.3 Å². The largest absolute Gasteiger partial charge is 0.360 e. The average Bonchev–Trinajstić information content (AvgIpc) is 3.50. The van der Waals surface area contributed by atoms with Crippen LogP contribution in [0.5, 0.6) is 0 Å². The summed E-state index contributed by atoms with van der Waals surface area (Å²) in [5.74, 6) is 2.37. The molecule has 7 heteroatoms. The number of hydrogen-bond donors (Lipinski definition) is 0. The number of anilines is 1. The lowest BCUT2D eigenvalue weighted by Gasteiger charge is -2.46. The maximum Gasteiger partial charge on any atom is 0.243 e. The van der Waals surface area contributed by atoms with Gasteiger partial charge in [0.25, 0.3) is 0 Å². The molecule has 0 unspecified atom stereocenters. The fraction of sp³-hybridized carbons (Fsp3) is 0.393. The lowest BCUT2D eigenvalue weighted by molar-refractivity contribution is 0.275. The first kappa shape index (κ1) is 21.2. The molecule has 0 N–H and O–H groups in total. The lowest BCUT2D eigenvalue weighted by Crippen LogP contribution is -2.43. The molecule has 1 saturated heterocycles. The molecule has 1 spiro atoms. The van der Waals surface area contributed by atoms with Gasteiger partial charge in [-0.3, -0.25) is 0 Å². The van der Waals surface area contributed by atoms with Gasteiger partial charge in [0.15, 0.2) is 0 Å². The van der Waals surface area contributed by atoms with Crippen molar-refractivity contribution in [1.82, 2.24) is 19.8 Å². The van der Waals surface area contributed by atoms with E-state index >= 15 is 0 Å². The molecule has 7 rings (SSSR count). The normalized spacial score (nSPS) is 19.3. The topological polar surface area (TPSA) is 59.5 Å². The predicted octanol–water partition coefficient (Wildman–Crippen LogP) is 6.61. The van der Waals surface area contributed by atoms with E-state index in [-0.39, 0.29) is 5.41 Å². The summed E-state index contributed by atoms with van der Waals surface area (Å²) in [6.45, 7) is 6.11. The van der Waals surface area contributed by atoms with Crippen LogP contribution in [-0.2, 0) is 0 Å². The molecule has 0 radical (unpaired) electrons. The number of halogens is 1. The quantitative estimate of drug-likeness (QED) is 0.325. The van der Waals surface area contributed by atoms with Gasteiger partial charge in [-0.15, -0.1) is 5.10 Å². The minimum absolute atomic E-state index is 0.241. The zero-order valence-corrected chi connectivity index (χ0v) is 20.8. The van der Waals surface area contributed by atoms with Crippen molar-refractivity contribution in [2.75, 3.05) is 18.0 Å². The molecule has 1 aliphatic heterocycles. The second-order valence-electron chi connectivity index (χ2n) is 10.6. The number of nitrogens with zero attached hydrogens (tertiary/aromatic N) is 5. The fourth-order valence-electron chi connectivity index (χ4n) is 5.86. The Morgan fingerprint density at radius 3 is 2.60 bits per heavy atom. The first-order valence-corrected chi connectivity index (χ1v) is 12.9. The molecule has 0 amide bonds. The maximum absolute atomic E-state index is 6.64. The van der Waals surface area contributed by atoms with Crippen LogP contribution in [0.3, 0.4) is 0 Å². The van der Waals surface area contributed by atoms with E-state index in [0.29, 0.717) is 5.92 Å². The smallest absolute Gasteiger partial charge is 0.243 e. The molecule has 35 heavy (non-hydrogen) atoms. The summed E-state index contributed by atoms with van der Waals surface area (Å²) in [4.78, 5) is 6.97. The monoisotopic (exact) mass is 485 g/mol. The van der Waals surface area contributed by atoms with Crippen LogP contribution in [0.2, 0.25) is 5.02 Å². The maximum atomic E-state index is 6.64. The Balaban J connectivity index is 1.16. The first-order valence-electron chi connectivity index (χ1n) is 12.5. The Labute approximate surface area is 209 Å². The Morgan fingerprint density at radius 1 is 1.06 bits per heavy atom. The van der Waals surface area contributed by atoms with Crippen molar-refractivity contribution in [1.29, 1.82) is 0 Å². The van der Waals surface area contributed by atoms with Gasteiger partial charge < -0.3 is 9.42 Å². The number of allylic oxidation sites excluding steroid dienone is 2. The zero-order chi connectivity index (χ0) is 23.7. The molecule has 2 fully saturated rings. The Kier molecular flexibility index (Phi) is 4.65. The van der Waals surface area contributed by atoms with Gasteiger partial charge in [0.05, 0.1) is 16.7 Å². The van der Waals surface area contributed by atoms with Gasteiger partial charge in [-0.2, -0.15) is 0 Å². The number of rotatable bonds is 4. The Morgan fingerprint density at radius 2 is 1.86 bits per heavy atom. The van der Waals surface area contributed by atoms with E-state index in [2.05, 4.69) is 47.1 Å². The Bertz CT molecular complexity index is 1470. The summed E-state index contributed by atoms with van der Waals surface area (Å²) >= 11 is 6.64. The number of aromatic nitrogens is 4. The van der Waals surface area contributed by atoms with Crippen molar-refractivity contribution < 1.29 is 4.52 Å². The van der Waals surface area contributed by atoms with Gasteiger partial charge in [-0.1, -0.05) is 35.0 Å². The molecule has 178 valence electrons. The Hall–Kier alpha value is -3.12. The van der Waals surface area contributed by atoms with Gasteiger partial charge in [-0.05, 0) is 80.2 Å². The second kappa shape index (κ2) is 7.69. The summed E-state index contributed by atoms with van der Waals surface area (Å²) in [7, 11) is 0. The van der Waals surface area contributed by atoms with Gasteiger partial charge in [0.1, 0.15) is 11.5 Å². The summed E-state index contributed by atoms with van der Waals surface area (Å²) in [6.07, 6.45) is 12.1. The van der Waals surface area contributed by atoms with Crippen molar-refractivity contribution >= 4 is 28.6 Å². The molecular weight excluding hydrogens is 458 g/mol. The van der Waals surface area contributed by atoms with Gasteiger partial charge >= 0.3 is 0 Å². The molecule has 3 aromatic heterocycles. The third-order valence-electron chi connectivity index (χ3n) is 8.13. The minimum atomic E-state index is 0.241. The molecule has 3 aliphatic rings. The highest BCUT2D eigenvalue weighted by atomic mass is 35.5. The average molecular weight is 486 g/mol. The number of hydrogen-bond acceptors (Lipinski definition) is 5. The van der Waals surface area contributed by atoms with Crippen LogP contribution in [0.4, 0.5) is 5.95 Å². The summed E-state index contributed by atoms with van der Waals surface area (Å²) in [5.41, 5.74) is 8.13.